The van der Waals surface area contributed by atoms with Crippen LogP contribution < -0.4 is 0 Å². The minimum Gasteiger partial charge on any atom is -0.506 e. The van der Waals surface area contributed by atoms with Crippen LogP contribution in [0.15, 0.2) is 158 Å². The quantitative estimate of drug-likeness (QED) is 0.168. The molecular formula is C42H28N2O2PtS2. The van der Waals surface area contributed by atoms with E-state index in [2.05, 4.69) is 24.3 Å². The van der Waals surface area contributed by atoms with Crippen LogP contribution in [0, 0.1) is 0 Å². The Labute approximate surface area is 307 Å². The molecule has 0 aliphatic carbocycles. The van der Waals surface area contributed by atoms with Gasteiger partial charge < -0.3 is 10.2 Å². The van der Waals surface area contributed by atoms with Crippen molar-refractivity contribution in [1.29, 1.82) is 0 Å². The van der Waals surface area contributed by atoms with Crippen LogP contribution in [-0.4, -0.2) is 20.2 Å². The van der Waals surface area contributed by atoms with E-state index >= 15 is 0 Å². The number of rotatable bonds is 7. The van der Waals surface area contributed by atoms with Crippen LogP contribution in [-0.2, 0) is 21.1 Å². The van der Waals surface area contributed by atoms with Gasteiger partial charge in [-0.25, -0.2) is 9.97 Å². The molecular weight excluding hydrogens is 824 g/mol. The molecule has 0 spiro atoms. The molecule has 8 rings (SSSR count). The molecule has 0 radical (unpaired) electrons. The van der Waals surface area contributed by atoms with Gasteiger partial charge in [-0.3, -0.25) is 0 Å². The van der Waals surface area contributed by atoms with Gasteiger partial charge in [0.25, 0.3) is 0 Å². The van der Waals surface area contributed by atoms with Crippen molar-refractivity contribution >= 4 is 22.7 Å². The van der Waals surface area contributed by atoms with Crippen LogP contribution in [0.25, 0.3) is 75.7 Å². The normalized spacial score (nSPS) is 10.9. The molecule has 4 aromatic carbocycles. The van der Waals surface area contributed by atoms with Gasteiger partial charge in [-0.05, 0) is 46.5 Å². The van der Waals surface area contributed by atoms with Gasteiger partial charge in [-0.15, -0.1) is 22.7 Å². The zero-order chi connectivity index (χ0) is 32.5. The van der Waals surface area contributed by atoms with Crippen LogP contribution >= 0.6 is 22.7 Å². The Kier molecular flexibility index (Phi) is 9.36. The fourth-order valence-corrected chi connectivity index (χ4v) is 8.34. The summed E-state index contributed by atoms with van der Waals surface area (Å²) >= 11 is 3.12. The maximum absolute atomic E-state index is 11.7. The van der Waals surface area contributed by atoms with Gasteiger partial charge in [-0.2, -0.15) is 0 Å². The monoisotopic (exact) mass is 851 g/mol. The molecule has 0 saturated heterocycles. The molecule has 0 bridgehead atoms. The van der Waals surface area contributed by atoms with Crippen molar-refractivity contribution < 1.29 is 31.3 Å². The molecule has 0 unspecified atom stereocenters. The predicted molar refractivity (Wildman–Crippen MR) is 199 cm³/mol. The van der Waals surface area contributed by atoms with Gasteiger partial charge in [0.2, 0.25) is 0 Å². The van der Waals surface area contributed by atoms with Gasteiger partial charge in [0, 0.05) is 30.8 Å². The summed E-state index contributed by atoms with van der Waals surface area (Å²) < 4.78 is 0. The van der Waals surface area contributed by atoms with Crippen molar-refractivity contribution in [2.24, 2.45) is 0 Å². The summed E-state index contributed by atoms with van der Waals surface area (Å²) in [5, 5.41) is 23.5. The molecule has 4 heterocycles. The van der Waals surface area contributed by atoms with Crippen LogP contribution in [0.4, 0.5) is 0 Å². The molecule has 49 heavy (non-hydrogen) atoms. The molecule has 2 N–H and O–H groups in total. The first-order chi connectivity index (χ1) is 23.7. The summed E-state index contributed by atoms with van der Waals surface area (Å²) in [6, 6.07) is 51.7. The van der Waals surface area contributed by atoms with Gasteiger partial charge in [0.1, 0.15) is 11.5 Å². The molecule has 0 atom stereocenters. The average molecular weight is 852 g/mol. The molecule has 7 heteroatoms. The molecule has 0 aliphatic heterocycles. The second kappa shape index (κ2) is 14.2. The third kappa shape index (κ3) is 6.27. The van der Waals surface area contributed by atoms with Crippen molar-refractivity contribution in [3.8, 4) is 87.2 Å². The van der Waals surface area contributed by atoms with Crippen LogP contribution in [0.5, 0.6) is 11.5 Å². The summed E-state index contributed by atoms with van der Waals surface area (Å²) in [6.45, 7) is 0. The fourth-order valence-electron chi connectivity index (χ4n) is 5.91. The Morgan fingerprint density at radius 2 is 0.612 bits per heavy atom. The zero-order valence-corrected chi connectivity index (χ0v) is 29.8. The minimum absolute atomic E-state index is 0. The van der Waals surface area contributed by atoms with E-state index in [-0.39, 0.29) is 32.6 Å². The number of thiophene rings is 2. The van der Waals surface area contributed by atoms with Crippen molar-refractivity contribution in [2.45, 2.75) is 0 Å². The molecule has 240 valence electrons. The van der Waals surface area contributed by atoms with E-state index in [1.165, 1.54) is 0 Å². The Bertz CT molecular complexity index is 2190. The summed E-state index contributed by atoms with van der Waals surface area (Å²) in [6.07, 6.45) is 0. The van der Waals surface area contributed by atoms with E-state index in [1.807, 2.05) is 133 Å². The molecule has 4 nitrogen and oxygen atoms in total. The fraction of sp³-hybridized carbons (Fsp3) is 0. The Morgan fingerprint density at radius 1 is 0.327 bits per heavy atom. The van der Waals surface area contributed by atoms with Crippen molar-refractivity contribution in [2.75, 3.05) is 0 Å². The van der Waals surface area contributed by atoms with Crippen molar-refractivity contribution in [3.05, 3.63) is 158 Å². The number of hydrogen-bond donors (Lipinski definition) is 2. The van der Waals surface area contributed by atoms with Crippen molar-refractivity contribution in [1.82, 2.24) is 9.97 Å². The first kappa shape index (κ1) is 32.4. The number of aromatic nitrogens is 2. The predicted octanol–water partition coefficient (Wildman–Crippen LogP) is 11.7. The third-order valence-corrected chi connectivity index (χ3v) is 10.7. The second-order valence-corrected chi connectivity index (χ2v) is 13.3. The molecule has 0 saturated carbocycles. The van der Waals surface area contributed by atoms with Crippen molar-refractivity contribution in [3.63, 3.8) is 0 Å². The summed E-state index contributed by atoms with van der Waals surface area (Å²) in [4.78, 5) is 13.7. The van der Waals surface area contributed by atoms with Crippen LogP contribution in [0.1, 0.15) is 0 Å². The molecule has 0 fully saturated rings. The number of nitrogens with zero attached hydrogens (tertiary/aromatic N) is 2. The number of pyridine rings is 2. The third-order valence-electron chi connectivity index (χ3n) is 8.18. The molecule has 4 aromatic heterocycles. The first-order valence-corrected chi connectivity index (χ1v) is 17.2. The van der Waals surface area contributed by atoms with Gasteiger partial charge in [0.05, 0.1) is 43.7 Å². The number of aromatic hydroxyl groups is 2. The standard InChI is InChI=1S/C42H28N2O2S2.Pt/c45-37-35(39(27-15-5-1-6-16-27)47-41(37)29-19-9-3-10-20-29)33-25-13-23-31(43-33)32-24-14-26-34(44-32)36-38(46)42(30-21-11-4-12-22-30)48-40(36)28-17-7-2-8-18-28;/h1-26,45-46H;. The summed E-state index contributed by atoms with van der Waals surface area (Å²) in [5.74, 6) is 0.418. The smallest absolute Gasteiger partial charge is 0.144 e. The van der Waals surface area contributed by atoms with E-state index in [4.69, 9.17) is 9.97 Å². The Hall–Kier alpha value is -5.13. The second-order valence-electron chi connectivity index (χ2n) is 11.2. The molecule has 0 amide bonds. The van der Waals surface area contributed by atoms with E-state index < -0.39 is 0 Å². The van der Waals surface area contributed by atoms with Crippen LogP contribution in [0.2, 0.25) is 0 Å². The van der Waals surface area contributed by atoms with Gasteiger partial charge >= 0.3 is 0 Å². The number of benzene rings is 4. The minimum atomic E-state index is 0. The largest absolute Gasteiger partial charge is 0.506 e. The maximum atomic E-state index is 11.7. The molecule has 0 aliphatic rings. The topological polar surface area (TPSA) is 66.2 Å². The van der Waals surface area contributed by atoms with E-state index in [0.29, 0.717) is 33.9 Å². The van der Waals surface area contributed by atoms with Crippen LogP contribution in [0.3, 0.4) is 0 Å². The maximum Gasteiger partial charge on any atom is 0.144 e. The summed E-state index contributed by atoms with van der Waals surface area (Å²) in [7, 11) is 0. The first-order valence-electron chi connectivity index (χ1n) is 15.5. The molecule has 8 aromatic rings. The zero-order valence-electron chi connectivity index (χ0n) is 25.9. The van der Waals surface area contributed by atoms with E-state index in [1.54, 1.807) is 22.7 Å². The average Bonchev–Trinajstić information content (AvgIpc) is 3.70. The SMILES string of the molecule is Oc1c(-c2ccccc2)sc(-c2ccccc2)c1-c1cccc(-c2cccc(-c3c(-c4ccccc4)sc(-c4ccccc4)c3O)n2)n1.[Pt]. The Balaban J connectivity index is 0.00000378. The van der Waals surface area contributed by atoms with E-state index in [0.717, 1.165) is 41.8 Å². The summed E-state index contributed by atoms with van der Waals surface area (Å²) in [5.41, 5.74) is 7.96. The van der Waals surface area contributed by atoms with Gasteiger partial charge in [0.15, 0.2) is 0 Å². The number of hydrogen-bond acceptors (Lipinski definition) is 6. The van der Waals surface area contributed by atoms with Gasteiger partial charge in [-0.1, -0.05) is 133 Å². The Morgan fingerprint density at radius 3 is 0.939 bits per heavy atom. The van der Waals surface area contributed by atoms with E-state index in [9.17, 15) is 10.2 Å².